The molecule has 4 nitrogen and oxygen atoms in total. The number of fused-ring (bicyclic) bond motifs is 1. The molecule has 0 aromatic carbocycles. The average Bonchev–Trinajstić information content (AvgIpc) is 3.03. The maximum Gasteiger partial charge on any atom is 0.140 e. The van der Waals surface area contributed by atoms with E-state index in [2.05, 4.69) is 29.3 Å². The van der Waals surface area contributed by atoms with Crippen LogP contribution in [0.3, 0.4) is 0 Å². The van der Waals surface area contributed by atoms with E-state index in [1.807, 2.05) is 18.3 Å². The summed E-state index contributed by atoms with van der Waals surface area (Å²) in [6, 6.07) is 4.99. The zero-order chi connectivity index (χ0) is 13.4. The Kier molecular flexibility index (Phi) is 3.19. The van der Waals surface area contributed by atoms with E-state index in [0.29, 0.717) is 12.1 Å². The molecule has 1 aliphatic heterocycles. The van der Waals surface area contributed by atoms with Crippen molar-refractivity contribution in [2.75, 3.05) is 13.7 Å². The molecule has 0 aliphatic carbocycles. The number of ether oxygens (including phenoxy) is 1. The summed E-state index contributed by atoms with van der Waals surface area (Å²) in [5, 5.41) is 0. The fourth-order valence-corrected chi connectivity index (χ4v) is 3.00. The molecule has 3 rings (SSSR count). The van der Waals surface area contributed by atoms with E-state index in [9.17, 15) is 0 Å². The van der Waals surface area contributed by atoms with Crippen molar-refractivity contribution in [3.8, 4) is 5.75 Å². The van der Waals surface area contributed by atoms with Crippen LogP contribution in [-0.4, -0.2) is 34.0 Å². The highest BCUT2D eigenvalue weighted by molar-refractivity contribution is 5.46. The fourth-order valence-electron chi connectivity index (χ4n) is 3.00. The Hall–Kier alpha value is -1.55. The Morgan fingerprint density at radius 3 is 3.00 bits per heavy atom. The maximum atomic E-state index is 5.25. The lowest BCUT2D eigenvalue weighted by atomic mass is 10.1. The van der Waals surface area contributed by atoms with Gasteiger partial charge in [0.1, 0.15) is 11.4 Å². The van der Waals surface area contributed by atoms with Crippen LogP contribution >= 0.6 is 0 Å². The second-order valence-corrected chi connectivity index (χ2v) is 5.49. The number of pyridine rings is 1. The first-order chi connectivity index (χ1) is 9.19. The van der Waals surface area contributed by atoms with E-state index < -0.39 is 0 Å². The standard InChI is InChI=1S/C15H21N3O/c1-11(2)18-7-4-5-14(18)13-10-17-8-6-12(19-3)9-15(17)16-13/h6,8-11,14H,4-5,7H2,1-3H3. The summed E-state index contributed by atoms with van der Waals surface area (Å²) in [6.07, 6.45) is 6.64. The summed E-state index contributed by atoms with van der Waals surface area (Å²) in [6.45, 7) is 5.70. The number of hydrogen-bond acceptors (Lipinski definition) is 3. The van der Waals surface area contributed by atoms with E-state index in [-0.39, 0.29) is 0 Å². The Morgan fingerprint density at radius 2 is 2.26 bits per heavy atom. The molecule has 1 fully saturated rings. The fraction of sp³-hybridized carbons (Fsp3) is 0.533. The molecule has 102 valence electrons. The molecule has 0 saturated carbocycles. The topological polar surface area (TPSA) is 29.8 Å². The Balaban J connectivity index is 1.96. The summed E-state index contributed by atoms with van der Waals surface area (Å²) in [7, 11) is 1.69. The summed E-state index contributed by atoms with van der Waals surface area (Å²) in [5.41, 5.74) is 2.14. The summed E-state index contributed by atoms with van der Waals surface area (Å²) < 4.78 is 7.33. The van der Waals surface area contributed by atoms with Crippen molar-refractivity contribution in [2.24, 2.45) is 0 Å². The lowest BCUT2D eigenvalue weighted by Crippen LogP contribution is -2.30. The highest BCUT2D eigenvalue weighted by atomic mass is 16.5. The van der Waals surface area contributed by atoms with Crippen LogP contribution in [0.25, 0.3) is 5.65 Å². The predicted molar refractivity (Wildman–Crippen MR) is 75.6 cm³/mol. The van der Waals surface area contributed by atoms with Crippen molar-refractivity contribution >= 4 is 5.65 Å². The molecule has 2 aromatic heterocycles. The molecule has 0 radical (unpaired) electrons. The molecular weight excluding hydrogens is 238 g/mol. The van der Waals surface area contributed by atoms with Gasteiger partial charge in [0, 0.05) is 24.5 Å². The minimum absolute atomic E-state index is 0.464. The van der Waals surface area contributed by atoms with Gasteiger partial charge < -0.3 is 9.14 Å². The lowest BCUT2D eigenvalue weighted by molar-refractivity contribution is 0.202. The van der Waals surface area contributed by atoms with Crippen molar-refractivity contribution in [3.05, 3.63) is 30.2 Å². The Bertz CT molecular complexity index is 576. The summed E-state index contributed by atoms with van der Waals surface area (Å²) in [4.78, 5) is 7.32. The van der Waals surface area contributed by atoms with E-state index in [4.69, 9.17) is 9.72 Å². The third-order valence-electron chi connectivity index (χ3n) is 3.98. The number of aromatic nitrogens is 2. The number of imidazole rings is 1. The minimum Gasteiger partial charge on any atom is -0.497 e. The second-order valence-electron chi connectivity index (χ2n) is 5.49. The molecule has 1 atom stereocenters. The first-order valence-corrected chi connectivity index (χ1v) is 6.97. The molecule has 0 bridgehead atoms. The van der Waals surface area contributed by atoms with Crippen LogP contribution in [-0.2, 0) is 0 Å². The van der Waals surface area contributed by atoms with Gasteiger partial charge in [0.05, 0.1) is 18.8 Å². The van der Waals surface area contributed by atoms with E-state index in [1.165, 1.54) is 25.1 Å². The van der Waals surface area contributed by atoms with E-state index in [1.54, 1.807) is 7.11 Å². The predicted octanol–water partition coefficient (Wildman–Crippen LogP) is 2.89. The molecule has 4 heteroatoms. The van der Waals surface area contributed by atoms with Crippen LogP contribution in [0, 0.1) is 0 Å². The Labute approximate surface area is 114 Å². The van der Waals surface area contributed by atoms with Gasteiger partial charge in [0.2, 0.25) is 0 Å². The number of rotatable bonds is 3. The van der Waals surface area contributed by atoms with Gasteiger partial charge in [-0.1, -0.05) is 0 Å². The van der Waals surface area contributed by atoms with Gasteiger partial charge in [-0.2, -0.15) is 0 Å². The maximum absolute atomic E-state index is 5.25. The highest BCUT2D eigenvalue weighted by Crippen LogP contribution is 2.33. The first kappa shape index (κ1) is 12.5. The molecule has 0 N–H and O–H groups in total. The molecule has 0 spiro atoms. The molecule has 0 amide bonds. The van der Waals surface area contributed by atoms with Crippen LogP contribution in [0.4, 0.5) is 0 Å². The van der Waals surface area contributed by atoms with Gasteiger partial charge in [-0.3, -0.25) is 4.90 Å². The second kappa shape index (κ2) is 4.85. The largest absolute Gasteiger partial charge is 0.497 e. The minimum atomic E-state index is 0.464. The number of likely N-dealkylation sites (tertiary alicyclic amines) is 1. The number of nitrogens with zero attached hydrogens (tertiary/aromatic N) is 3. The lowest BCUT2D eigenvalue weighted by Gasteiger charge is -2.26. The van der Waals surface area contributed by atoms with E-state index in [0.717, 1.165) is 11.4 Å². The van der Waals surface area contributed by atoms with Gasteiger partial charge in [0.15, 0.2) is 0 Å². The Morgan fingerprint density at radius 1 is 1.42 bits per heavy atom. The van der Waals surface area contributed by atoms with Crippen LogP contribution in [0.2, 0.25) is 0 Å². The van der Waals surface area contributed by atoms with E-state index >= 15 is 0 Å². The SMILES string of the molecule is COc1ccn2cc(C3CCCN3C(C)C)nc2c1. The van der Waals surface area contributed by atoms with Crippen LogP contribution in [0.1, 0.15) is 38.4 Å². The number of methoxy groups -OCH3 is 1. The van der Waals surface area contributed by atoms with Crippen molar-refractivity contribution in [1.82, 2.24) is 14.3 Å². The van der Waals surface area contributed by atoms with Gasteiger partial charge >= 0.3 is 0 Å². The molecule has 1 unspecified atom stereocenters. The zero-order valence-electron chi connectivity index (χ0n) is 11.8. The van der Waals surface area contributed by atoms with Crippen LogP contribution in [0.15, 0.2) is 24.5 Å². The average molecular weight is 259 g/mol. The van der Waals surface area contributed by atoms with Crippen LogP contribution in [0.5, 0.6) is 5.75 Å². The van der Waals surface area contributed by atoms with Crippen LogP contribution < -0.4 is 4.74 Å². The molecule has 1 saturated heterocycles. The van der Waals surface area contributed by atoms with Crippen molar-refractivity contribution in [3.63, 3.8) is 0 Å². The number of hydrogen-bond donors (Lipinski definition) is 0. The summed E-state index contributed by atoms with van der Waals surface area (Å²) in [5.74, 6) is 0.858. The quantitative estimate of drug-likeness (QED) is 0.849. The van der Waals surface area contributed by atoms with Gasteiger partial charge in [-0.15, -0.1) is 0 Å². The molecule has 19 heavy (non-hydrogen) atoms. The molecule has 3 heterocycles. The van der Waals surface area contributed by atoms with Gasteiger partial charge in [-0.05, 0) is 39.3 Å². The van der Waals surface area contributed by atoms with Crippen molar-refractivity contribution in [1.29, 1.82) is 0 Å². The monoisotopic (exact) mass is 259 g/mol. The van der Waals surface area contributed by atoms with Gasteiger partial charge in [-0.25, -0.2) is 4.98 Å². The zero-order valence-corrected chi connectivity index (χ0v) is 11.8. The van der Waals surface area contributed by atoms with Crippen molar-refractivity contribution in [2.45, 2.75) is 38.8 Å². The third-order valence-corrected chi connectivity index (χ3v) is 3.98. The highest BCUT2D eigenvalue weighted by Gasteiger charge is 2.29. The molecular formula is C15H21N3O. The summed E-state index contributed by atoms with van der Waals surface area (Å²) >= 11 is 0. The molecule has 2 aromatic rings. The van der Waals surface area contributed by atoms with Gasteiger partial charge in [0.25, 0.3) is 0 Å². The van der Waals surface area contributed by atoms with Crippen molar-refractivity contribution < 1.29 is 4.74 Å². The smallest absolute Gasteiger partial charge is 0.140 e. The molecule has 1 aliphatic rings. The normalized spacial score (nSPS) is 20.5. The third kappa shape index (κ3) is 2.21. The first-order valence-electron chi connectivity index (χ1n) is 6.97.